The van der Waals surface area contributed by atoms with E-state index < -0.39 is 0 Å². The van der Waals surface area contributed by atoms with E-state index in [4.69, 9.17) is 5.73 Å². The van der Waals surface area contributed by atoms with Gasteiger partial charge in [-0.25, -0.2) is 0 Å². The molecule has 1 rings (SSSR count). The third-order valence-electron chi connectivity index (χ3n) is 2.97. The van der Waals surface area contributed by atoms with Gasteiger partial charge in [0.05, 0.1) is 5.92 Å². The van der Waals surface area contributed by atoms with Gasteiger partial charge in [0, 0.05) is 20.6 Å². The fourth-order valence-electron chi connectivity index (χ4n) is 2.14. The topological polar surface area (TPSA) is 49.6 Å². The fourth-order valence-corrected chi connectivity index (χ4v) is 2.14. The standard InChI is InChI=1S/C11H23N3O/c1-13(2)11(15)10-5-3-7-14(9-10)8-4-6-12/h10H,3-9,12H2,1-2H3. The molecular formula is C11H23N3O. The molecule has 4 heteroatoms. The van der Waals surface area contributed by atoms with Crippen molar-refractivity contribution in [3.63, 3.8) is 0 Å². The van der Waals surface area contributed by atoms with Crippen LogP contribution >= 0.6 is 0 Å². The number of carbonyl (C=O) groups excluding carboxylic acids is 1. The van der Waals surface area contributed by atoms with Gasteiger partial charge in [0.1, 0.15) is 0 Å². The predicted octanol–water partition coefficient (Wildman–Crippen LogP) is 0.135. The van der Waals surface area contributed by atoms with Crippen molar-refractivity contribution in [2.24, 2.45) is 11.7 Å². The molecule has 88 valence electrons. The molecule has 1 saturated heterocycles. The van der Waals surface area contributed by atoms with Crippen molar-refractivity contribution in [2.45, 2.75) is 19.3 Å². The molecule has 1 amide bonds. The van der Waals surface area contributed by atoms with Crippen LogP contribution in [0.25, 0.3) is 0 Å². The van der Waals surface area contributed by atoms with Gasteiger partial charge in [-0.3, -0.25) is 4.79 Å². The molecule has 0 aromatic carbocycles. The van der Waals surface area contributed by atoms with Gasteiger partial charge in [-0.05, 0) is 38.9 Å². The number of hydrogen-bond acceptors (Lipinski definition) is 3. The molecule has 1 unspecified atom stereocenters. The molecule has 0 aromatic heterocycles. The van der Waals surface area contributed by atoms with Crippen LogP contribution in [0.15, 0.2) is 0 Å². The average Bonchev–Trinajstić information content (AvgIpc) is 2.25. The molecular weight excluding hydrogens is 190 g/mol. The van der Waals surface area contributed by atoms with Crippen LogP contribution in [0.5, 0.6) is 0 Å². The van der Waals surface area contributed by atoms with Crippen LogP contribution < -0.4 is 5.73 Å². The number of rotatable bonds is 4. The van der Waals surface area contributed by atoms with E-state index in [1.807, 2.05) is 14.1 Å². The van der Waals surface area contributed by atoms with Crippen LogP contribution in [-0.2, 0) is 4.79 Å². The minimum Gasteiger partial charge on any atom is -0.349 e. The average molecular weight is 213 g/mol. The molecule has 0 bridgehead atoms. The number of likely N-dealkylation sites (tertiary alicyclic amines) is 1. The summed E-state index contributed by atoms with van der Waals surface area (Å²) in [6.07, 6.45) is 3.20. The van der Waals surface area contributed by atoms with Gasteiger partial charge in [0.15, 0.2) is 0 Å². The Bertz CT molecular complexity index is 206. The van der Waals surface area contributed by atoms with Gasteiger partial charge in [-0.15, -0.1) is 0 Å². The van der Waals surface area contributed by atoms with Crippen LogP contribution in [0.4, 0.5) is 0 Å². The van der Waals surface area contributed by atoms with Crippen molar-refractivity contribution in [2.75, 3.05) is 40.3 Å². The highest BCUT2D eigenvalue weighted by Gasteiger charge is 2.26. The maximum atomic E-state index is 11.8. The molecule has 0 aromatic rings. The normalized spacial score (nSPS) is 22.7. The van der Waals surface area contributed by atoms with Gasteiger partial charge < -0.3 is 15.5 Å². The highest BCUT2D eigenvalue weighted by molar-refractivity contribution is 5.78. The summed E-state index contributed by atoms with van der Waals surface area (Å²) in [5.41, 5.74) is 5.49. The fraction of sp³-hybridized carbons (Fsp3) is 0.909. The summed E-state index contributed by atoms with van der Waals surface area (Å²) in [4.78, 5) is 15.9. The van der Waals surface area contributed by atoms with Crippen molar-refractivity contribution >= 4 is 5.91 Å². The van der Waals surface area contributed by atoms with Gasteiger partial charge in [-0.1, -0.05) is 0 Å². The second-order valence-corrected chi connectivity index (χ2v) is 4.51. The molecule has 15 heavy (non-hydrogen) atoms. The zero-order chi connectivity index (χ0) is 11.3. The highest BCUT2D eigenvalue weighted by Crippen LogP contribution is 2.17. The van der Waals surface area contributed by atoms with Crippen molar-refractivity contribution in [1.82, 2.24) is 9.80 Å². The second kappa shape index (κ2) is 6.08. The summed E-state index contributed by atoms with van der Waals surface area (Å²) in [5, 5.41) is 0. The maximum Gasteiger partial charge on any atom is 0.226 e. The molecule has 0 spiro atoms. The quantitative estimate of drug-likeness (QED) is 0.722. The number of piperidine rings is 1. The Labute approximate surface area is 92.4 Å². The number of nitrogens with zero attached hydrogens (tertiary/aromatic N) is 2. The SMILES string of the molecule is CN(C)C(=O)C1CCCN(CCCN)C1. The Hall–Kier alpha value is -0.610. The second-order valence-electron chi connectivity index (χ2n) is 4.51. The summed E-state index contributed by atoms with van der Waals surface area (Å²) in [7, 11) is 3.67. The number of carbonyl (C=O) groups is 1. The Morgan fingerprint density at radius 3 is 2.87 bits per heavy atom. The van der Waals surface area contributed by atoms with Gasteiger partial charge >= 0.3 is 0 Å². The highest BCUT2D eigenvalue weighted by atomic mass is 16.2. The van der Waals surface area contributed by atoms with E-state index in [1.165, 1.54) is 0 Å². The Morgan fingerprint density at radius 2 is 2.27 bits per heavy atom. The molecule has 0 saturated carbocycles. The first-order valence-corrected chi connectivity index (χ1v) is 5.78. The molecule has 1 aliphatic heterocycles. The number of amides is 1. The third-order valence-corrected chi connectivity index (χ3v) is 2.97. The minimum atomic E-state index is 0.200. The van der Waals surface area contributed by atoms with Gasteiger partial charge in [0.2, 0.25) is 5.91 Å². The third kappa shape index (κ3) is 3.80. The smallest absolute Gasteiger partial charge is 0.226 e. The Morgan fingerprint density at radius 1 is 1.53 bits per heavy atom. The first-order chi connectivity index (χ1) is 7.15. The van der Waals surface area contributed by atoms with Crippen molar-refractivity contribution in [3.8, 4) is 0 Å². The zero-order valence-corrected chi connectivity index (χ0v) is 9.91. The van der Waals surface area contributed by atoms with Crippen LogP contribution in [0.3, 0.4) is 0 Å². The Balaban J connectivity index is 2.38. The Kier molecular flexibility index (Phi) is 5.05. The molecule has 2 N–H and O–H groups in total. The molecule has 0 aliphatic carbocycles. The summed E-state index contributed by atoms with van der Waals surface area (Å²) in [6.45, 7) is 3.81. The van der Waals surface area contributed by atoms with Crippen molar-refractivity contribution < 1.29 is 4.79 Å². The monoisotopic (exact) mass is 213 g/mol. The summed E-state index contributed by atoms with van der Waals surface area (Å²) < 4.78 is 0. The van der Waals surface area contributed by atoms with E-state index in [0.29, 0.717) is 0 Å². The maximum absolute atomic E-state index is 11.8. The summed E-state index contributed by atoms with van der Waals surface area (Å²) >= 11 is 0. The lowest BCUT2D eigenvalue weighted by Crippen LogP contribution is -2.43. The van der Waals surface area contributed by atoms with Crippen LogP contribution in [0.2, 0.25) is 0 Å². The lowest BCUT2D eigenvalue weighted by Gasteiger charge is -2.33. The van der Waals surface area contributed by atoms with E-state index >= 15 is 0 Å². The molecule has 0 radical (unpaired) electrons. The van der Waals surface area contributed by atoms with Crippen molar-refractivity contribution in [1.29, 1.82) is 0 Å². The molecule has 4 nitrogen and oxygen atoms in total. The van der Waals surface area contributed by atoms with Crippen LogP contribution in [0.1, 0.15) is 19.3 Å². The molecule has 1 heterocycles. The van der Waals surface area contributed by atoms with E-state index in [9.17, 15) is 4.79 Å². The lowest BCUT2D eigenvalue weighted by atomic mass is 9.96. The van der Waals surface area contributed by atoms with E-state index in [0.717, 1.165) is 45.4 Å². The van der Waals surface area contributed by atoms with E-state index in [-0.39, 0.29) is 11.8 Å². The number of nitrogens with two attached hydrogens (primary N) is 1. The zero-order valence-electron chi connectivity index (χ0n) is 9.91. The predicted molar refractivity (Wildman–Crippen MR) is 61.5 cm³/mol. The molecule has 1 fully saturated rings. The van der Waals surface area contributed by atoms with Gasteiger partial charge in [-0.2, -0.15) is 0 Å². The molecule has 1 aliphatic rings. The van der Waals surface area contributed by atoms with Crippen LogP contribution in [0, 0.1) is 5.92 Å². The van der Waals surface area contributed by atoms with E-state index in [2.05, 4.69) is 4.90 Å². The van der Waals surface area contributed by atoms with Crippen molar-refractivity contribution in [3.05, 3.63) is 0 Å². The minimum absolute atomic E-state index is 0.200. The first kappa shape index (κ1) is 12.5. The number of hydrogen-bond donors (Lipinski definition) is 1. The molecule has 1 atom stereocenters. The summed E-state index contributed by atoms with van der Waals surface area (Å²) in [6, 6.07) is 0. The summed E-state index contributed by atoms with van der Waals surface area (Å²) in [5.74, 6) is 0.471. The van der Waals surface area contributed by atoms with E-state index in [1.54, 1.807) is 4.90 Å². The lowest BCUT2D eigenvalue weighted by molar-refractivity contribution is -0.134. The van der Waals surface area contributed by atoms with Gasteiger partial charge in [0.25, 0.3) is 0 Å². The van der Waals surface area contributed by atoms with Crippen LogP contribution in [-0.4, -0.2) is 56.0 Å². The first-order valence-electron chi connectivity index (χ1n) is 5.78. The largest absolute Gasteiger partial charge is 0.349 e.